The van der Waals surface area contributed by atoms with Crippen LogP contribution in [0.1, 0.15) is 27.5 Å². The van der Waals surface area contributed by atoms with Gasteiger partial charge in [-0.25, -0.2) is 9.18 Å². The highest BCUT2D eigenvalue weighted by molar-refractivity contribution is 9.10. The van der Waals surface area contributed by atoms with Crippen LogP contribution >= 0.6 is 15.9 Å². The second-order valence-electron chi connectivity index (χ2n) is 4.07. The second kappa shape index (κ2) is 5.50. The Morgan fingerprint density at radius 3 is 2.68 bits per heavy atom. The molecule has 0 fully saturated rings. The second-order valence-corrected chi connectivity index (χ2v) is 4.99. The highest BCUT2D eigenvalue weighted by Gasteiger charge is 2.15. The minimum atomic E-state index is -1.04. The number of nitrogens with two attached hydrogens (primary N) is 1. The Morgan fingerprint density at radius 2 is 2.00 bits per heavy atom. The Kier molecular flexibility index (Phi) is 3.97. The van der Waals surface area contributed by atoms with E-state index in [-0.39, 0.29) is 5.56 Å². The highest BCUT2D eigenvalue weighted by Crippen LogP contribution is 2.25. The van der Waals surface area contributed by atoms with E-state index >= 15 is 0 Å². The molecular formula is C14H11BrFNO2. The number of benzene rings is 2. The van der Waals surface area contributed by atoms with Crippen molar-refractivity contribution in [2.45, 2.75) is 6.04 Å². The molecule has 0 heterocycles. The number of hydrogen-bond acceptors (Lipinski definition) is 2. The summed E-state index contributed by atoms with van der Waals surface area (Å²) in [5, 5.41) is 8.94. The van der Waals surface area contributed by atoms with Crippen molar-refractivity contribution in [2.24, 2.45) is 5.73 Å². The predicted octanol–water partition coefficient (Wildman–Crippen LogP) is 3.33. The number of halogens is 2. The summed E-state index contributed by atoms with van der Waals surface area (Å²) in [6.07, 6.45) is 0. The van der Waals surface area contributed by atoms with Gasteiger partial charge in [-0.05, 0) is 35.9 Å². The lowest BCUT2D eigenvalue weighted by Crippen LogP contribution is -2.14. The summed E-state index contributed by atoms with van der Waals surface area (Å²) >= 11 is 3.26. The molecule has 19 heavy (non-hydrogen) atoms. The largest absolute Gasteiger partial charge is 0.478 e. The Labute approximate surface area is 118 Å². The third-order valence-electron chi connectivity index (χ3n) is 2.79. The van der Waals surface area contributed by atoms with Gasteiger partial charge in [-0.15, -0.1) is 0 Å². The van der Waals surface area contributed by atoms with Gasteiger partial charge in [0, 0.05) is 10.0 Å². The van der Waals surface area contributed by atoms with Crippen LogP contribution in [-0.4, -0.2) is 11.1 Å². The fourth-order valence-corrected chi connectivity index (χ4v) is 2.18. The van der Waals surface area contributed by atoms with Crippen LogP contribution in [0.4, 0.5) is 4.39 Å². The highest BCUT2D eigenvalue weighted by atomic mass is 79.9. The lowest BCUT2D eigenvalue weighted by molar-refractivity contribution is 0.0697. The minimum Gasteiger partial charge on any atom is -0.478 e. The van der Waals surface area contributed by atoms with Crippen LogP contribution in [-0.2, 0) is 0 Å². The molecule has 0 bridgehead atoms. The molecule has 0 aliphatic carbocycles. The third-order valence-corrected chi connectivity index (χ3v) is 3.28. The molecule has 0 aliphatic heterocycles. The van der Waals surface area contributed by atoms with Crippen LogP contribution < -0.4 is 5.73 Å². The van der Waals surface area contributed by atoms with Gasteiger partial charge in [0.05, 0.1) is 11.6 Å². The summed E-state index contributed by atoms with van der Waals surface area (Å²) in [5.41, 5.74) is 7.00. The van der Waals surface area contributed by atoms with Crippen molar-refractivity contribution in [1.82, 2.24) is 0 Å². The molecule has 3 N–H and O–H groups in total. The number of aromatic carboxylic acids is 1. The van der Waals surface area contributed by atoms with E-state index in [2.05, 4.69) is 15.9 Å². The fourth-order valence-electron chi connectivity index (χ4n) is 1.80. The van der Waals surface area contributed by atoms with E-state index in [1.54, 1.807) is 24.3 Å². The molecule has 2 rings (SSSR count). The summed E-state index contributed by atoms with van der Waals surface area (Å²) in [4.78, 5) is 10.9. The molecule has 2 aromatic carbocycles. The average molecular weight is 324 g/mol. The summed E-state index contributed by atoms with van der Waals surface area (Å²) in [7, 11) is 0. The van der Waals surface area contributed by atoms with Gasteiger partial charge in [-0.2, -0.15) is 0 Å². The molecule has 0 aliphatic rings. The van der Waals surface area contributed by atoms with Crippen molar-refractivity contribution in [3.63, 3.8) is 0 Å². The number of carbonyl (C=O) groups is 1. The molecule has 5 heteroatoms. The van der Waals surface area contributed by atoms with Crippen molar-refractivity contribution in [2.75, 3.05) is 0 Å². The maximum Gasteiger partial charge on any atom is 0.335 e. The van der Waals surface area contributed by atoms with Gasteiger partial charge in [-0.3, -0.25) is 0 Å². The lowest BCUT2D eigenvalue weighted by Gasteiger charge is -2.14. The molecule has 2 aromatic rings. The van der Waals surface area contributed by atoms with Crippen molar-refractivity contribution >= 4 is 21.9 Å². The quantitative estimate of drug-likeness (QED) is 0.910. The van der Waals surface area contributed by atoms with Gasteiger partial charge in [0.25, 0.3) is 0 Å². The number of carboxylic acids is 1. The van der Waals surface area contributed by atoms with E-state index in [1.165, 1.54) is 18.2 Å². The normalized spacial score (nSPS) is 12.2. The Hall–Kier alpha value is -1.72. The van der Waals surface area contributed by atoms with E-state index in [0.717, 1.165) is 0 Å². The first kappa shape index (κ1) is 13.7. The molecular weight excluding hydrogens is 313 g/mol. The monoisotopic (exact) mass is 323 g/mol. The topological polar surface area (TPSA) is 63.3 Å². The molecule has 1 unspecified atom stereocenters. The number of hydrogen-bond donors (Lipinski definition) is 2. The first-order valence-electron chi connectivity index (χ1n) is 5.53. The van der Waals surface area contributed by atoms with E-state index < -0.39 is 17.8 Å². The van der Waals surface area contributed by atoms with Crippen LogP contribution in [0.3, 0.4) is 0 Å². The van der Waals surface area contributed by atoms with Crippen molar-refractivity contribution in [3.05, 3.63) is 69.4 Å². The van der Waals surface area contributed by atoms with E-state index in [0.29, 0.717) is 15.6 Å². The molecule has 0 saturated carbocycles. The zero-order chi connectivity index (χ0) is 14.0. The van der Waals surface area contributed by atoms with Crippen LogP contribution in [0.25, 0.3) is 0 Å². The van der Waals surface area contributed by atoms with Crippen molar-refractivity contribution < 1.29 is 14.3 Å². The van der Waals surface area contributed by atoms with Crippen LogP contribution in [0.2, 0.25) is 0 Å². The van der Waals surface area contributed by atoms with Gasteiger partial charge < -0.3 is 10.8 Å². The van der Waals surface area contributed by atoms with Gasteiger partial charge in [0.15, 0.2) is 0 Å². The molecule has 0 aromatic heterocycles. The van der Waals surface area contributed by atoms with E-state index in [9.17, 15) is 9.18 Å². The third kappa shape index (κ3) is 3.00. The van der Waals surface area contributed by atoms with E-state index in [1.807, 2.05) is 0 Å². The van der Waals surface area contributed by atoms with Gasteiger partial charge >= 0.3 is 5.97 Å². The fraction of sp³-hybridized carbons (Fsp3) is 0.0714. The molecule has 0 saturated heterocycles. The summed E-state index contributed by atoms with van der Waals surface area (Å²) < 4.78 is 14.5. The Morgan fingerprint density at radius 1 is 1.26 bits per heavy atom. The number of rotatable bonds is 3. The van der Waals surface area contributed by atoms with Crippen LogP contribution in [0.5, 0.6) is 0 Å². The molecule has 0 radical (unpaired) electrons. The van der Waals surface area contributed by atoms with Crippen LogP contribution in [0.15, 0.2) is 46.9 Å². The Bertz CT molecular complexity index is 631. The zero-order valence-corrected chi connectivity index (χ0v) is 11.4. The molecule has 1 atom stereocenters. The first-order chi connectivity index (χ1) is 8.99. The molecule has 0 spiro atoms. The average Bonchev–Trinajstić information content (AvgIpc) is 2.41. The zero-order valence-electron chi connectivity index (χ0n) is 9.81. The van der Waals surface area contributed by atoms with Crippen LogP contribution in [0, 0.1) is 5.82 Å². The van der Waals surface area contributed by atoms with Crippen molar-refractivity contribution in [1.29, 1.82) is 0 Å². The maximum atomic E-state index is 13.7. The SMILES string of the molecule is NC(c1cccc(C(=O)O)c1)c1cc(Br)ccc1F. The standard InChI is InChI=1S/C14H11BrFNO2/c15-10-4-5-12(16)11(7-10)13(17)8-2-1-3-9(6-8)14(18)19/h1-7,13H,17H2,(H,18,19). The molecule has 98 valence electrons. The minimum absolute atomic E-state index is 0.128. The summed E-state index contributed by atoms with van der Waals surface area (Å²) in [6, 6.07) is 9.97. The Balaban J connectivity index is 2.43. The lowest BCUT2D eigenvalue weighted by atomic mass is 9.97. The predicted molar refractivity (Wildman–Crippen MR) is 73.5 cm³/mol. The smallest absolute Gasteiger partial charge is 0.335 e. The molecule has 0 amide bonds. The van der Waals surface area contributed by atoms with Gasteiger partial charge in [0.1, 0.15) is 5.82 Å². The van der Waals surface area contributed by atoms with Gasteiger partial charge in [-0.1, -0.05) is 28.1 Å². The summed E-state index contributed by atoms with van der Waals surface area (Å²) in [5.74, 6) is -1.46. The maximum absolute atomic E-state index is 13.7. The molecule has 3 nitrogen and oxygen atoms in total. The first-order valence-corrected chi connectivity index (χ1v) is 6.32. The number of carboxylic acid groups (broad SMARTS) is 1. The van der Waals surface area contributed by atoms with Gasteiger partial charge in [0.2, 0.25) is 0 Å². The summed E-state index contributed by atoms with van der Waals surface area (Å²) in [6.45, 7) is 0. The van der Waals surface area contributed by atoms with Crippen molar-refractivity contribution in [3.8, 4) is 0 Å². The van der Waals surface area contributed by atoms with E-state index in [4.69, 9.17) is 10.8 Å².